The van der Waals surface area contributed by atoms with Crippen LogP contribution in [0.2, 0.25) is 0 Å². The van der Waals surface area contributed by atoms with Gasteiger partial charge in [0.15, 0.2) is 0 Å². The van der Waals surface area contributed by atoms with E-state index >= 15 is 0 Å². The van der Waals surface area contributed by atoms with Gasteiger partial charge >= 0.3 is 0 Å². The molecule has 2 aliphatic rings. The van der Waals surface area contributed by atoms with E-state index in [0.717, 1.165) is 31.5 Å². The van der Waals surface area contributed by atoms with Crippen molar-refractivity contribution < 1.29 is 9.18 Å². The van der Waals surface area contributed by atoms with E-state index in [9.17, 15) is 9.18 Å². The van der Waals surface area contributed by atoms with Gasteiger partial charge in [-0.3, -0.25) is 4.79 Å². The first-order valence-electron chi connectivity index (χ1n) is 7.66. The summed E-state index contributed by atoms with van der Waals surface area (Å²) >= 11 is 0. The quantitative estimate of drug-likeness (QED) is 0.852. The van der Waals surface area contributed by atoms with Crippen LogP contribution in [0, 0.1) is 11.7 Å². The first-order valence-corrected chi connectivity index (χ1v) is 7.66. The molecule has 2 atom stereocenters. The summed E-state index contributed by atoms with van der Waals surface area (Å²) in [7, 11) is 4.14. The van der Waals surface area contributed by atoms with Gasteiger partial charge in [-0.1, -0.05) is 19.1 Å². The predicted molar refractivity (Wildman–Crippen MR) is 80.5 cm³/mol. The zero-order valence-corrected chi connectivity index (χ0v) is 13.0. The Morgan fingerprint density at radius 2 is 1.86 bits per heavy atom. The number of amides is 1. The number of carbonyl (C=O) groups is 1. The Balaban J connectivity index is 1.78. The highest BCUT2D eigenvalue weighted by Gasteiger charge is 2.54. The number of likely N-dealkylation sites (tertiary alicyclic amines) is 1. The van der Waals surface area contributed by atoms with Gasteiger partial charge in [0.1, 0.15) is 5.82 Å². The lowest BCUT2D eigenvalue weighted by Crippen LogP contribution is -2.40. The molecule has 0 bridgehead atoms. The summed E-state index contributed by atoms with van der Waals surface area (Å²) in [6.07, 6.45) is 1.77. The van der Waals surface area contributed by atoms with E-state index in [1.807, 2.05) is 4.90 Å². The highest BCUT2D eigenvalue weighted by Crippen LogP contribution is 2.50. The number of hydrogen-bond acceptors (Lipinski definition) is 2. The second-order valence-electron chi connectivity index (χ2n) is 6.81. The number of hydrogen-bond donors (Lipinski definition) is 0. The zero-order valence-electron chi connectivity index (χ0n) is 13.0. The summed E-state index contributed by atoms with van der Waals surface area (Å²) in [6.45, 7) is 3.83. The topological polar surface area (TPSA) is 23.6 Å². The average Bonchev–Trinajstić information content (AvgIpc) is 3.16. The maximum Gasteiger partial charge on any atom is 0.233 e. The van der Waals surface area contributed by atoms with E-state index in [4.69, 9.17) is 0 Å². The lowest BCUT2D eigenvalue weighted by atomic mass is 9.94. The normalized spacial score (nSPS) is 27.2. The number of benzene rings is 1. The fraction of sp³-hybridized carbons (Fsp3) is 0.588. The lowest BCUT2D eigenvalue weighted by Gasteiger charge is -2.25. The molecule has 1 saturated carbocycles. The third-order valence-electron chi connectivity index (χ3n) is 5.08. The standard InChI is InChI=1S/C17H23FN2O/c1-12-10-20(11-15(12)19(2)3)16(21)17(8-9-17)13-4-6-14(18)7-5-13/h4-7,12,15H,8-11H2,1-3H3. The summed E-state index contributed by atoms with van der Waals surface area (Å²) in [5.74, 6) is 0.475. The molecular formula is C17H23FN2O. The van der Waals surface area contributed by atoms with Gasteiger partial charge in [0.2, 0.25) is 5.91 Å². The molecule has 0 N–H and O–H groups in total. The molecule has 1 aliphatic heterocycles. The Kier molecular flexibility index (Phi) is 3.52. The van der Waals surface area contributed by atoms with E-state index < -0.39 is 0 Å². The maximum atomic E-state index is 13.1. The molecule has 114 valence electrons. The van der Waals surface area contributed by atoms with Crippen LogP contribution in [0.1, 0.15) is 25.3 Å². The fourth-order valence-electron chi connectivity index (χ4n) is 3.61. The second kappa shape index (κ2) is 5.09. The van der Waals surface area contributed by atoms with Crippen LogP contribution in [0.15, 0.2) is 24.3 Å². The molecular weight excluding hydrogens is 267 g/mol. The molecule has 21 heavy (non-hydrogen) atoms. The van der Waals surface area contributed by atoms with E-state index in [-0.39, 0.29) is 17.1 Å². The zero-order chi connectivity index (χ0) is 15.2. The van der Waals surface area contributed by atoms with Gasteiger partial charge in [0.05, 0.1) is 5.41 Å². The Morgan fingerprint density at radius 1 is 1.24 bits per heavy atom. The number of likely N-dealkylation sites (N-methyl/N-ethyl adjacent to an activating group) is 1. The fourth-order valence-corrected chi connectivity index (χ4v) is 3.61. The van der Waals surface area contributed by atoms with E-state index in [2.05, 4.69) is 25.9 Å². The third-order valence-corrected chi connectivity index (χ3v) is 5.08. The minimum atomic E-state index is -0.380. The third kappa shape index (κ3) is 2.46. The minimum Gasteiger partial charge on any atom is -0.340 e. The molecule has 1 saturated heterocycles. The number of rotatable bonds is 3. The van der Waals surface area contributed by atoms with Gasteiger partial charge in [0.25, 0.3) is 0 Å². The molecule has 4 heteroatoms. The van der Waals surface area contributed by atoms with Crippen LogP contribution >= 0.6 is 0 Å². The van der Waals surface area contributed by atoms with Crippen molar-refractivity contribution in [2.24, 2.45) is 5.92 Å². The first kappa shape index (κ1) is 14.5. The van der Waals surface area contributed by atoms with Crippen molar-refractivity contribution in [1.82, 2.24) is 9.80 Å². The molecule has 1 amide bonds. The Labute approximate surface area is 125 Å². The monoisotopic (exact) mass is 290 g/mol. The molecule has 0 radical (unpaired) electrons. The maximum absolute atomic E-state index is 13.1. The Bertz CT molecular complexity index is 536. The molecule has 0 aromatic heterocycles. The molecule has 3 rings (SSSR count). The number of carbonyl (C=O) groups excluding carboxylic acids is 1. The summed E-state index contributed by atoms with van der Waals surface area (Å²) in [6, 6.07) is 6.88. The average molecular weight is 290 g/mol. The number of nitrogens with zero attached hydrogens (tertiary/aromatic N) is 2. The van der Waals surface area contributed by atoms with Crippen LogP contribution in [0.3, 0.4) is 0 Å². The van der Waals surface area contributed by atoms with Gasteiger partial charge < -0.3 is 9.80 Å². The van der Waals surface area contributed by atoms with E-state index in [1.54, 1.807) is 12.1 Å². The summed E-state index contributed by atoms with van der Waals surface area (Å²) in [5.41, 5.74) is 0.587. The molecule has 1 aliphatic carbocycles. The van der Waals surface area contributed by atoms with Crippen molar-refractivity contribution >= 4 is 5.91 Å². The smallest absolute Gasteiger partial charge is 0.233 e. The highest BCUT2D eigenvalue weighted by molar-refractivity contribution is 5.91. The lowest BCUT2D eigenvalue weighted by molar-refractivity contribution is -0.133. The van der Waals surface area contributed by atoms with Gasteiger partial charge in [-0.05, 0) is 50.6 Å². The van der Waals surface area contributed by atoms with Crippen LogP contribution in [0.25, 0.3) is 0 Å². The number of halogens is 1. The molecule has 3 nitrogen and oxygen atoms in total. The second-order valence-corrected chi connectivity index (χ2v) is 6.81. The van der Waals surface area contributed by atoms with Crippen LogP contribution in [-0.2, 0) is 10.2 Å². The van der Waals surface area contributed by atoms with Crippen molar-refractivity contribution in [3.8, 4) is 0 Å². The summed E-state index contributed by atoms with van der Waals surface area (Å²) < 4.78 is 13.1. The Morgan fingerprint density at radius 3 is 2.33 bits per heavy atom. The minimum absolute atomic E-state index is 0.227. The molecule has 1 aromatic carbocycles. The van der Waals surface area contributed by atoms with Crippen molar-refractivity contribution in [3.05, 3.63) is 35.6 Å². The van der Waals surface area contributed by atoms with Crippen molar-refractivity contribution in [1.29, 1.82) is 0 Å². The molecule has 1 heterocycles. The van der Waals surface area contributed by atoms with Crippen molar-refractivity contribution in [2.45, 2.75) is 31.2 Å². The van der Waals surface area contributed by atoms with Gasteiger partial charge in [-0.2, -0.15) is 0 Å². The largest absolute Gasteiger partial charge is 0.340 e. The highest BCUT2D eigenvalue weighted by atomic mass is 19.1. The van der Waals surface area contributed by atoms with Crippen molar-refractivity contribution in [2.75, 3.05) is 27.2 Å². The van der Waals surface area contributed by atoms with E-state index in [0.29, 0.717) is 12.0 Å². The van der Waals surface area contributed by atoms with Gasteiger partial charge in [0, 0.05) is 19.1 Å². The predicted octanol–water partition coefficient (Wildman–Crippen LogP) is 2.27. The summed E-state index contributed by atoms with van der Waals surface area (Å²) in [4.78, 5) is 17.2. The molecule has 2 unspecified atom stereocenters. The van der Waals surface area contributed by atoms with Gasteiger partial charge in [-0.25, -0.2) is 4.39 Å². The summed E-state index contributed by atoms with van der Waals surface area (Å²) in [5, 5.41) is 0. The van der Waals surface area contributed by atoms with Crippen LogP contribution in [0.5, 0.6) is 0 Å². The molecule has 0 spiro atoms. The van der Waals surface area contributed by atoms with Crippen LogP contribution < -0.4 is 0 Å². The Hall–Kier alpha value is -1.42. The SMILES string of the molecule is CC1CN(C(=O)C2(c3ccc(F)cc3)CC2)CC1N(C)C. The van der Waals surface area contributed by atoms with Crippen LogP contribution in [0.4, 0.5) is 4.39 Å². The first-order chi connectivity index (χ1) is 9.94. The molecule has 2 fully saturated rings. The van der Waals surface area contributed by atoms with Crippen molar-refractivity contribution in [3.63, 3.8) is 0 Å². The van der Waals surface area contributed by atoms with Crippen LogP contribution in [-0.4, -0.2) is 48.9 Å². The molecule has 1 aromatic rings. The van der Waals surface area contributed by atoms with Gasteiger partial charge in [-0.15, -0.1) is 0 Å². The van der Waals surface area contributed by atoms with E-state index in [1.165, 1.54) is 12.1 Å².